The zero-order valence-corrected chi connectivity index (χ0v) is 9.39. The monoisotopic (exact) mass is 221 g/mol. The average molecular weight is 221 g/mol. The van der Waals surface area contributed by atoms with Crippen LogP contribution in [0.2, 0.25) is 0 Å². The fraction of sp³-hybridized carbons (Fsp3) is 0.818. The highest BCUT2D eigenvalue weighted by molar-refractivity contribution is 5.01. The van der Waals surface area contributed by atoms with Crippen LogP contribution in [0.3, 0.4) is 0 Å². The first-order valence-corrected chi connectivity index (χ1v) is 6.18. The Labute approximate surface area is 95.1 Å². The van der Waals surface area contributed by atoms with Crippen LogP contribution in [0.5, 0.6) is 0 Å². The molecule has 0 amide bonds. The van der Waals surface area contributed by atoms with E-state index in [0.717, 1.165) is 29.9 Å². The zero-order valence-electron chi connectivity index (χ0n) is 9.39. The molecular formula is C11H19N5. The van der Waals surface area contributed by atoms with Crippen LogP contribution in [0.25, 0.3) is 0 Å². The highest BCUT2D eigenvalue weighted by atomic mass is 15.3. The van der Waals surface area contributed by atoms with E-state index in [2.05, 4.69) is 20.8 Å². The van der Waals surface area contributed by atoms with E-state index >= 15 is 0 Å². The molecular weight excluding hydrogens is 202 g/mol. The van der Waals surface area contributed by atoms with Crippen molar-refractivity contribution >= 4 is 0 Å². The molecule has 4 atom stereocenters. The Morgan fingerprint density at radius 3 is 3.00 bits per heavy atom. The Hall–Kier alpha value is -0.940. The first kappa shape index (κ1) is 10.2. The molecule has 0 saturated heterocycles. The standard InChI is InChI=1S/C11H19N5/c12-14-10(11-6-13-16-15-11)5-9-4-7-1-2-8(9)3-7/h6-10,14H,1-5,12H2,(H,13,15,16). The number of aromatic nitrogens is 3. The molecule has 2 aliphatic carbocycles. The molecule has 16 heavy (non-hydrogen) atoms. The van der Waals surface area contributed by atoms with Crippen molar-refractivity contribution in [2.24, 2.45) is 23.6 Å². The Morgan fingerprint density at radius 2 is 2.44 bits per heavy atom. The van der Waals surface area contributed by atoms with Gasteiger partial charge in [0.25, 0.3) is 0 Å². The quantitative estimate of drug-likeness (QED) is 0.526. The maximum absolute atomic E-state index is 5.61. The van der Waals surface area contributed by atoms with Gasteiger partial charge in [-0.2, -0.15) is 15.4 Å². The molecule has 3 rings (SSSR count). The van der Waals surface area contributed by atoms with Crippen LogP contribution in [-0.2, 0) is 0 Å². The van der Waals surface area contributed by atoms with Crippen molar-refractivity contribution in [2.75, 3.05) is 0 Å². The summed E-state index contributed by atoms with van der Waals surface area (Å²) in [6.07, 6.45) is 8.57. The maximum atomic E-state index is 5.61. The molecule has 2 bridgehead atoms. The van der Waals surface area contributed by atoms with Gasteiger partial charge in [0.05, 0.1) is 12.2 Å². The van der Waals surface area contributed by atoms with Crippen molar-refractivity contribution in [1.82, 2.24) is 20.8 Å². The van der Waals surface area contributed by atoms with Crippen LogP contribution in [0.4, 0.5) is 0 Å². The molecule has 2 fully saturated rings. The highest BCUT2D eigenvalue weighted by Gasteiger charge is 2.40. The molecule has 5 heteroatoms. The van der Waals surface area contributed by atoms with E-state index in [-0.39, 0.29) is 6.04 Å². The van der Waals surface area contributed by atoms with Crippen LogP contribution in [0.1, 0.15) is 43.8 Å². The van der Waals surface area contributed by atoms with Crippen LogP contribution in [-0.4, -0.2) is 15.4 Å². The predicted octanol–water partition coefficient (Wildman–Crippen LogP) is 1.14. The van der Waals surface area contributed by atoms with Crippen LogP contribution < -0.4 is 11.3 Å². The predicted molar refractivity (Wildman–Crippen MR) is 60.0 cm³/mol. The summed E-state index contributed by atoms with van der Waals surface area (Å²) in [5.74, 6) is 8.37. The van der Waals surface area contributed by atoms with E-state index in [1.165, 1.54) is 25.7 Å². The molecule has 2 aliphatic rings. The number of nitrogens with one attached hydrogen (secondary N) is 2. The van der Waals surface area contributed by atoms with Gasteiger partial charge >= 0.3 is 0 Å². The molecule has 0 radical (unpaired) electrons. The Balaban J connectivity index is 1.65. The minimum absolute atomic E-state index is 0.156. The van der Waals surface area contributed by atoms with Crippen molar-refractivity contribution in [3.05, 3.63) is 11.9 Å². The van der Waals surface area contributed by atoms with Crippen molar-refractivity contribution in [3.8, 4) is 0 Å². The second-order valence-corrected chi connectivity index (χ2v) is 5.28. The molecule has 4 N–H and O–H groups in total. The molecule has 1 aromatic rings. The van der Waals surface area contributed by atoms with E-state index in [1.807, 2.05) is 0 Å². The zero-order chi connectivity index (χ0) is 11.0. The van der Waals surface area contributed by atoms with E-state index in [1.54, 1.807) is 6.20 Å². The van der Waals surface area contributed by atoms with Gasteiger partial charge in [-0.1, -0.05) is 6.42 Å². The molecule has 4 unspecified atom stereocenters. The summed E-state index contributed by atoms with van der Waals surface area (Å²) in [7, 11) is 0. The van der Waals surface area contributed by atoms with Crippen molar-refractivity contribution < 1.29 is 0 Å². The molecule has 1 heterocycles. The van der Waals surface area contributed by atoms with Gasteiger partial charge < -0.3 is 0 Å². The third-order valence-corrected chi connectivity index (χ3v) is 4.41. The van der Waals surface area contributed by atoms with Gasteiger partial charge in [0.2, 0.25) is 0 Å². The molecule has 0 aromatic carbocycles. The lowest BCUT2D eigenvalue weighted by molar-refractivity contribution is 0.278. The normalized spacial score (nSPS) is 34.4. The second kappa shape index (κ2) is 4.14. The van der Waals surface area contributed by atoms with Gasteiger partial charge in [0, 0.05) is 0 Å². The maximum Gasteiger partial charge on any atom is 0.101 e. The SMILES string of the molecule is NNC(CC1CC2CCC1C2)c1cn[nH]n1. The van der Waals surface area contributed by atoms with Crippen molar-refractivity contribution in [2.45, 2.75) is 38.1 Å². The smallest absolute Gasteiger partial charge is 0.101 e. The Morgan fingerprint density at radius 1 is 1.50 bits per heavy atom. The van der Waals surface area contributed by atoms with E-state index in [9.17, 15) is 0 Å². The fourth-order valence-electron chi connectivity index (χ4n) is 3.62. The first-order valence-electron chi connectivity index (χ1n) is 6.18. The van der Waals surface area contributed by atoms with E-state index < -0.39 is 0 Å². The lowest BCUT2D eigenvalue weighted by atomic mass is 9.84. The number of hydrogen-bond donors (Lipinski definition) is 3. The lowest BCUT2D eigenvalue weighted by Crippen LogP contribution is -2.31. The minimum Gasteiger partial charge on any atom is -0.271 e. The summed E-state index contributed by atoms with van der Waals surface area (Å²) >= 11 is 0. The van der Waals surface area contributed by atoms with Crippen molar-refractivity contribution in [3.63, 3.8) is 0 Å². The number of nitrogens with two attached hydrogens (primary N) is 1. The summed E-state index contributed by atoms with van der Waals surface area (Å²) in [5, 5.41) is 10.6. The third-order valence-electron chi connectivity index (χ3n) is 4.41. The minimum atomic E-state index is 0.156. The number of hydrogen-bond acceptors (Lipinski definition) is 4. The Bertz CT molecular complexity index is 336. The summed E-state index contributed by atoms with van der Waals surface area (Å²) in [4.78, 5) is 0. The van der Waals surface area contributed by atoms with Gasteiger partial charge in [-0.25, -0.2) is 0 Å². The summed E-state index contributed by atoms with van der Waals surface area (Å²) in [5.41, 5.74) is 3.80. The van der Waals surface area contributed by atoms with E-state index in [0.29, 0.717) is 0 Å². The summed E-state index contributed by atoms with van der Waals surface area (Å²) in [6, 6.07) is 0.156. The second-order valence-electron chi connectivity index (χ2n) is 5.28. The molecule has 2 saturated carbocycles. The van der Waals surface area contributed by atoms with Gasteiger partial charge in [-0.15, -0.1) is 0 Å². The number of H-pyrrole nitrogens is 1. The highest BCUT2D eigenvalue weighted by Crippen LogP contribution is 2.50. The van der Waals surface area contributed by atoms with Gasteiger partial charge in [-0.05, 0) is 43.4 Å². The summed E-state index contributed by atoms with van der Waals surface area (Å²) in [6.45, 7) is 0. The van der Waals surface area contributed by atoms with Crippen LogP contribution in [0, 0.1) is 17.8 Å². The summed E-state index contributed by atoms with van der Waals surface area (Å²) < 4.78 is 0. The van der Waals surface area contributed by atoms with Gasteiger partial charge in [0.15, 0.2) is 0 Å². The third kappa shape index (κ3) is 1.74. The largest absolute Gasteiger partial charge is 0.271 e. The molecule has 5 nitrogen and oxygen atoms in total. The number of fused-ring (bicyclic) bond motifs is 2. The lowest BCUT2D eigenvalue weighted by Gasteiger charge is -2.25. The topological polar surface area (TPSA) is 79.6 Å². The molecule has 0 aliphatic heterocycles. The number of aromatic amines is 1. The van der Waals surface area contributed by atoms with E-state index in [4.69, 9.17) is 5.84 Å². The van der Waals surface area contributed by atoms with Gasteiger partial charge in [0.1, 0.15) is 5.69 Å². The average Bonchev–Trinajstić information content (AvgIpc) is 3.01. The van der Waals surface area contributed by atoms with Crippen LogP contribution >= 0.6 is 0 Å². The van der Waals surface area contributed by atoms with Gasteiger partial charge in [-0.3, -0.25) is 11.3 Å². The number of nitrogens with zero attached hydrogens (tertiary/aromatic N) is 2. The fourth-order valence-corrected chi connectivity index (χ4v) is 3.62. The molecule has 1 aromatic heterocycles. The molecule has 88 valence electrons. The van der Waals surface area contributed by atoms with Crippen molar-refractivity contribution in [1.29, 1.82) is 0 Å². The molecule has 0 spiro atoms. The number of rotatable bonds is 4. The first-order chi connectivity index (χ1) is 7.86. The number of hydrazine groups is 1. The Kier molecular flexibility index (Phi) is 2.65. The van der Waals surface area contributed by atoms with Crippen LogP contribution in [0.15, 0.2) is 6.20 Å².